The van der Waals surface area contributed by atoms with E-state index in [1.165, 1.54) is 135 Å². The molecule has 0 bridgehead atoms. The van der Waals surface area contributed by atoms with Crippen LogP contribution in [0.5, 0.6) is 0 Å². The average molecular weight is 715 g/mol. The predicted octanol–water partition coefficient (Wildman–Crippen LogP) is 11.0. The van der Waals surface area contributed by atoms with E-state index in [0.717, 1.165) is 38.5 Å². The van der Waals surface area contributed by atoms with E-state index in [2.05, 4.69) is 31.3 Å². The van der Waals surface area contributed by atoms with Crippen LogP contribution < -0.4 is 11.1 Å². The van der Waals surface area contributed by atoms with Crippen LogP contribution in [0.1, 0.15) is 194 Å². The Kier molecular flexibility index (Phi) is 36.0. The standard InChI is InChI=1S/C40H79N2O6P/c1-3-5-7-9-11-13-15-17-19-21-23-25-27-29-31-33-39(43)38(37-48-49(45,46)47-36-35-41)42-40(44)34-32-30-28-26-24-22-20-18-16-14-12-10-8-6-4-2/h23,25,31,33,38-39,43H,3-22,24,26-30,32,34-37,41H2,1-2H3,(H,42,44)(H,45,46)/b25-23+,33-31+. The number of rotatable bonds is 38. The number of carbonyl (C=O) groups is 1. The summed E-state index contributed by atoms with van der Waals surface area (Å²) >= 11 is 0. The lowest BCUT2D eigenvalue weighted by Crippen LogP contribution is -2.45. The summed E-state index contributed by atoms with van der Waals surface area (Å²) in [4.78, 5) is 22.6. The van der Waals surface area contributed by atoms with Crippen LogP contribution in [-0.2, 0) is 18.4 Å². The van der Waals surface area contributed by atoms with Crippen molar-refractivity contribution in [1.29, 1.82) is 0 Å². The molecule has 0 heterocycles. The van der Waals surface area contributed by atoms with Crippen LogP contribution in [0.2, 0.25) is 0 Å². The Hall–Kier alpha value is -1.02. The Balaban J connectivity index is 4.30. The fourth-order valence-electron chi connectivity index (χ4n) is 5.91. The van der Waals surface area contributed by atoms with Gasteiger partial charge in [-0.05, 0) is 32.1 Å². The molecule has 0 spiro atoms. The van der Waals surface area contributed by atoms with Crippen molar-refractivity contribution in [1.82, 2.24) is 5.32 Å². The lowest BCUT2D eigenvalue weighted by atomic mass is 10.0. The quantitative estimate of drug-likeness (QED) is 0.0284. The maximum absolute atomic E-state index is 12.7. The molecule has 0 aliphatic heterocycles. The van der Waals surface area contributed by atoms with Crippen LogP contribution in [0.25, 0.3) is 0 Å². The topological polar surface area (TPSA) is 131 Å². The second-order valence-corrected chi connectivity index (χ2v) is 15.3. The zero-order chi connectivity index (χ0) is 36.1. The Bertz CT molecular complexity index is 825. The van der Waals surface area contributed by atoms with Gasteiger partial charge in [-0.3, -0.25) is 13.8 Å². The minimum absolute atomic E-state index is 0.0757. The second kappa shape index (κ2) is 36.8. The van der Waals surface area contributed by atoms with Crippen LogP contribution in [0, 0.1) is 0 Å². The summed E-state index contributed by atoms with van der Waals surface area (Å²) in [7, 11) is -4.34. The van der Waals surface area contributed by atoms with Gasteiger partial charge in [-0.2, -0.15) is 0 Å². The van der Waals surface area contributed by atoms with Crippen molar-refractivity contribution in [3.63, 3.8) is 0 Å². The SMILES string of the molecule is CCCCCCCCCCC/C=C/CC/C=C/C(O)C(COP(=O)(O)OCCN)NC(=O)CCCCCCCCCCCCCCCCC. The zero-order valence-corrected chi connectivity index (χ0v) is 32.8. The van der Waals surface area contributed by atoms with Crippen molar-refractivity contribution in [2.24, 2.45) is 5.73 Å². The Labute approximate surface area is 302 Å². The molecule has 0 radical (unpaired) electrons. The Morgan fingerprint density at radius 3 is 1.57 bits per heavy atom. The minimum Gasteiger partial charge on any atom is -0.387 e. The molecule has 9 heteroatoms. The van der Waals surface area contributed by atoms with Crippen molar-refractivity contribution < 1.29 is 28.4 Å². The van der Waals surface area contributed by atoms with Gasteiger partial charge in [-0.15, -0.1) is 0 Å². The van der Waals surface area contributed by atoms with Gasteiger partial charge in [0, 0.05) is 13.0 Å². The summed E-state index contributed by atoms with van der Waals surface area (Å²) in [6.45, 7) is 4.11. The van der Waals surface area contributed by atoms with E-state index >= 15 is 0 Å². The predicted molar refractivity (Wildman–Crippen MR) is 208 cm³/mol. The molecule has 0 aliphatic carbocycles. The molecule has 290 valence electrons. The molecular weight excluding hydrogens is 635 g/mol. The van der Waals surface area contributed by atoms with E-state index in [4.69, 9.17) is 14.8 Å². The molecular formula is C40H79N2O6P. The first-order chi connectivity index (χ1) is 23.9. The van der Waals surface area contributed by atoms with Gasteiger partial charge < -0.3 is 21.1 Å². The van der Waals surface area contributed by atoms with Crippen LogP contribution in [0.15, 0.2) is 24.3 Å². The normalized spacial score (nSPS) is 14.5. The van der Waals surface area contributed by atoms with Crippen LogP contribution >= 0.6 is 7.82 Å². The third-order valence-corrected chi connectivity index (χ3v) is 10.0. The summed E-state index contributed by atoms with van der Waals surface area (Å²) in [5.41, 5.74) is 5.36. The molecule has 0 saturated carbocycles. The summed E-state index contributed by atoms with van der Waals surface area (Å²) in [5.74, 6) is -0.203. The van der Waals surface area contributed by atoms with E-state index in [1.54, 1.807) is 6.08 Å². The minimum atomic E-state index is -4.34. The number of carbonyl (C=O) groups excluding carboxylic acids is 1. The third kappa shape index (κ3) is 35.2. The van der Waals surface area contributed by atoms with Gasteiger partial charge in [0.15, 0.2) is 0 Å². The van der Waals surface area contributed by atoms with E-state index < -0.39 is 20.0 Å². The highest BCUT2D eigenvalue weighted by Crippen LogP contribution is 2.43. The fraction of sp³-hybridized carbons (Fsp3) is 0.875. The van der Waals surface area contributed by atoms with Crippen LogP contribution in [-0.4, -0.2) is 47.8 Å². The van der Waals surface area contributed by atoms with Gasteiger partial charge in [0.1, 0.15) is 0 Å². The molecule has 49 heavy (non-hydrogen) atoms. The molecule has 8 nitrogen and oxygen atoms in total. The van der Waals surface area contributed by atoms with E-state index in [9.17, 15) is 19.4 Å². The van der Waals surface area contributed by atoms with Crippen molar-refractivity contribution in [2.75, 3.05) is 19.8 Å². The first-order valence-corrected chi connectivity index (χ1v) is 22.0. The second-order valence-electron chi connectivity index (χ2n) is 13.8. The van der Waals surface area contributed by atoms with Gasteiger partial charge in [0.25, 0.3) is 0 Å². The van der Waals surface area contributed by atoms with Crippen molar-refractivity contribution in [3.05, 3.63) is 24.3 Å². The largest absolute Gasteiger partial charge is 0.472 e. The average Bonchev–Trinajstić information content (AvgIpc) is 3.09. The molecule has 0 aliphatic rings. The highest BCUT2D eigenvalue weighted by atomic mass is 31.2. The fourth-order valence-corrected chi connectivity index (χ4v) is 6.67. The first kappa shape index (κ1) is 48.0. The molecule has 0 aromatic heterocycles. The number of nitrogens with one attached hydrogen (secondary N) is 1. The number of aliphatic hydroxyl groups excluding tert-OH is 1. The van der Waals surface area contributed by atoms with Gasteiger partial charge in [-0.1, -0.05) is 179 Å². The van der Waals surface area contributed by atoms with Crippen molar-refractivity contribution in [2.45, 2.75) is 206 Å². The van der Waals surface area contributed by atoms with Gasteiger partial charge >= 0.3 is 7.82 Å². The lowest BCUT2D eigenvalue weighted by molar-refractivity contribution is -0.123. The third-order valence-electron chi connectivity index (χ3n) is 9.03. The molecule has 3 unspecified atom stereocenters. The number of hydrogen-bond acceptors (Lipinski definition) is 6. The molecule has 0 aromatic rings. The molecule has 0 aromatic carbocycles. The lowest BCUT2D eigenvalue weighted by Gasteiger charge is -2.23. The Morgan fingerprint density at radius 2 is 1.08 bits per heavy atom. The molecule has 1 amide bonds. The summed E-state index contributed by atoms with van der Waals surface area (Å²) in [6.07, 6.45) is 40.8. The van der Waals surface area contributed by atoms with E-state index in [-0.39, 0.29) is 25.7 Å². The molecule has 3 atom stereocenters. The molecule has 5 N–H and O–H groups in total. The smallest absolute Gasteiger partial charge is 0.387 e. The number of nitrogens with two attached hydrogens (primary N) is 1. The number of unbranched alkanes of at least 4 members (excludes halogenated alkanes) is 24. The molecule has 0 rings (SSSR count). The van der Waals surface area contributed by atoms with E-state index in [1.807, 2.05) is 6.08 Å². The monoisotopic (exact) mass is 715 g/mol. The number of aliphatic hydroxyl groups is 1. The highest BCUT2D eigenvalue weighted by molar-refractivity contribution is 7.47. The molecule has 0 fully saturated rings. The van der Waals surface area contributed by atoms with E-state index in [0.29, 0.717) is 6.42 Å². The molecule has 0 saturated heterocycles. The number of hydrogen-bond donors (Lipinski definition) is 4. The number of amides is 1. The summed E-state index contributed by atoms with van der Waals surface area (Å²) < 4.78 is 22.1. The Morgan fingerprint density at radius 1 is 0.653 bits per heavy atom. The number of phosphoric ester groups is 1. The van der Waals surface area contributed by atoms with Gasteiger partial charge in [0.2, 0.25) is 5.91 Å². The van der Waals surface area contributed by atoms with Crippen molar-refractivity contribution in [3.8, 4) is 0 Å². The van der Waals surface area contributed by atoms with Crippen molar-refractivity contribution >= 4 is 13.7 Å². The maximum Gasteiger partial charge on any atom is 0.472 e. The number of allylic oxidation sites excluding steroid dienone is 3. The highest BCUT2D eigenvalue weighted by Gasteiger charge is 2.26. The van der Waals surface area contributed by atoms with Crippen LogP contribution in [0.3, 0.4) is 0 Å². The zero-order valence-electron chi connectivity index (χ0n) is 31.9. The van der Waals surface area contributed by atoms with Crippen LogP contribution in [0.4, 0.5) is 0 Å². The maximum atomic E-state index is 12.7. The number of phosphoric acid groups is 1. The first-order valence-electron chi connectivity index (χ1n) is 20.5. The van der Waals surface area contributed by atoms with Gasteiger partial charge in [0.05, 0.1) is 25.4 Å². The summed E-state index contributed by atoms with van der Waals surface area (Å²) in [5, 5.41) is 13.6. The summed E-state index contributed by atoms with van der Waals surface area (Å²) in [6, 6.07) is -0.871. The van der Waals surface area contributed by atoms with Gasteiger partial charge in [-0.25, -0.2) is 4.57 Å².